The van der Waals surface area contributed by atoms with E-state index in [1.54, 1.807) is 0 Å². The van der Waals surface area contributed by atoms with Crippen LogP contribution < -0.4 is 11.1 Å². The van der Waals surface area contributed by atoms with Crippen LogP contribution in [0.15, 0.2) is 0 Å². The molecule has 2 aliphatic heterocycles. The molecule has 86 valence electrons. The number of amides is 2. The first-order valence-corrected chi connectivity index (χ1v) is 5.76. The van der Waals surface area contributed by atoms with E-state index in [4.69, 9.17) is 5.73 Å². The molecule has 0 aliphatic carbocycles. The molecule has 0 spiro atoms. The van der Waals surface area contributed by atoms with Crippen LogP contribution in [0.4, 0.5) is 4.79 Å². The molecule has 5 heteroatoms. The van der Waals surface area contributed by atoms with Gasteiger partial charge >= 0.3 is 6.03 Å². The highest BCUT2D eigenvalue weighted by Crippen LogP contribution is 2.17. The monoisotopic (exact) mass is 212 g/mol. The number of carbonyl (C=O) groups is 1. The quantitative estimate of drug-likeness (QED) is 0.644. The minimum absolute atomic E-state index is 0.257. The summed E-state index contributed by atoms with van der Waals surface area (Å²) in [5.41, 5.74) is 5.35. The van der Waals surface area contributed by atoms with Crippen molar-refractivity contribution in [2.45, 2.75) is 18.9 Å². The number of rotatable bonds is 2. The van der Waals surface area contributed by atoms with Crippen LogP contribution in [0.3, 0.4) is 0 Å². The van der Waals surface area contributed by atoms with Crippen molar-refractivity contribution in [1.29, 1.82) is 0 Å². The van der Waals surface area contributed by atoms with E-state index in [0.29, 0.717) is 6.04 Å². The van der Waals surface area contributed by atoms with E-state index in [-0.39, 0.29) is 6.03 Å². The Hall–Kier alpha value is -0.810. The molecule has 2 fully saturated rings. The first kappa shape index (κ1) is 10.7. The van der Waals surface area contributed by atoms with Crippen molar-refractivity contribution in [2.75, 3.05) is 39.3 Å². The van der Waals surface area contributed by atoms with Crippen molar-refractivity contribution >= 4 is 6.03 Å². The predicted octanol–water partition coefficient (Wildman–Crippen LogP) is -0.565. The fraction of sp³-hybridized carbons (Fsp3) is 0.900. The summed E-state index contributed by atoms with van der Waals surface area (Å²) in [5.74, 6) is 0. The van der Waals surface area contributed by atoms with Crippen LogP contribution in [0, 0.1) is 0 Å². The lowest BCUT2D eigenvalue weighted by Gasteiger charge is -2.32. The highest BCUT2D eigenvalue weighted by Gasteiger charge is 2.28. The fourth-order valence-electron chi connectivity index (χ4n) is 2.51. The molecule has 2 amide bonds. The summed E-state index contributed by atoms with van der Waals surface area (Å²) in [7, 11) is 0. The van der Waals surface area contributed by atoms with E-state index in [9.17, 15) is 4.79 Å². The normalized spacial score (nSPS) is 28.3. The molecule has 2 heterocycles. The summed E-state index contributed by atoms with van der Waals surface area (Å²) < 4.78 is 0. The Labute approximate surface area is 90.6 Å². The van der Waals surface area contributed by atoms with Gasteiger partial charge in [-0.15, -0.1) is 0 Å². The van der Waals surface area contributed by atoms with E-state index in [2.05, 4.69) is 10.2 Å². The van der Waals surface area contributed by atoms with E-state index in [1.165, 1.54) is 0 Å². The maximum absolute atomic E-state index is 11.2. The summed E-state index contributed by atoms with van der Waals surface area (Å²) in [6.45, 7) is 6.12. The van der Waals surface area contributed by atoms with Gasteiger partial charge in [0.1, 0.15) is 0 Å². The first-order chi connectivity index (χ1) is 7.27. The molecule has 5 nitrogen and oxygen atoms in total. The summed E-state index contributed by atoms with van der Waals surface area (Å²) in [6.07, 6.45) is 2.20. The number of likely N-dealkylation sites (tertiary alicyclic amines) is 1. The summed E-state index contributed by atoms with van der Waals surface area (Å²) >= 11 is 0. The average Bonchev–Trinajstić information content (AvgIpc) is 2.67. The Bertz CT molecular complexity index is 227. The van der Waals surface area contributed by atoms with Gasteiger partial charge in [0.2, 0.25) is 0 Å². The molecule has 0 saturated carbocycles. The minimum Gasteiger partial charge on any atom is -0.351 e. The van der Waals surface area contributed by atoms with Crippen molar-refractivity contribution in [3.63, 3.8) is 0 Å². The van der Waals surface area contributed by atoms with E-state index >= 15 is 0 Å². The van der Waals surface area contributed by atoms with Crippen LogP contribution in [-0.4, -0.2) is 61.1 Å². The highest BCUT2D eigenvalue weighted by atomic mass is 16.2. The largest absolute Gasteiger partial charge is 0.351 e. The lowest BCUT2D eigenvalue weighted by molar-refractivity contribution is 0.163. The van der Waals surface area contributed by atoms with E-state index in [1.807, 2.05) is 4.90 Å². The number of hydrogen-bond acceptors (Lipinski definition) is 3. The Morgan fingerprint density at radius 1 is 1.33 bits per heavy atom. The molecular weight excluding hydrogens is 192 g/mol. The van der Waals surface area contributed by atoms with Gasteiger partial charge in [0, 0.05) is 45.3 Å². The zero-order valence-corrected chi connectivity index (χ0v) is 9.11. The van der Waals surface area contributed by atoms with Crippen molar-refractivity contribution in [1.82, 2.24) is 15.1 Å². The molecule has 0 radical (unpaired) electrons. The molecule has 2 saturated heterocycles. The molecule has 15 heavy (non-hydrogen) atoms. The lowest BCUT2D eigenvalue weighted by Crippen LogP contribution is -2.50. The Morgan fingerprint density at radius 3 is 2.73 bits per heavy atom. The van der Waals surface area contributed by atoms with Crippen LogP contribution in [-0.2, 0) is 0 Å². The number of piperazine rings is 1. The standard InChI is InChI=1S/C10H20N4O/c11-10(15)14-5-1-2-9(14)8-13-6-3-12-4-7-13/h9,12H,1-8H2,(H2,11,15). The van der Waals surface area contributed by atoms with Gasteiger partial charge in [-0.3, -0.25) is 4.90 Å². The smallest absolute Gasteiger partial charge is 0.315 e. The van der Waals surface area contributed by atoms with Gasteiger partial charge in [-0.1, -0.05) is 0 Å². The van der Waals surface area contributed by atoms with Gasteiger partial charge in [0.15, 0.2) is 0 Å². The third kappa shape index (κ3) is 2.60. The van der Waals surface area contributed by atoms with Crippen LogP contribution in [0.2, 0.25) is 0 Å². The summed E-state index contributed by atoms with van der Waals surface area (Å²) in [4.78, 5) is 15.4. The summed E-state index contributed by atoms with van der Waals surface area (Å²) in [5, 5.41) is 3.33. The van der Waals surface area contributed by atoms with Crippen molar-refractivity contribution in [3.05, 3.63) is 0 Å². The highest BCUT2D eigenvalue weighted by molar-refractivity contribution is 5.72. The number of urea groups is 1. The molecule has 0 bridgehead atoms. The third-order valence-corrected chi connectivity index (χ3v) is 3.34. The number of nitrogens with one attached hydrogen (secondary N) is 1. The zero-order valence-electron chi connectivity index (χ0n) is 9.11. The lowest BCUT2D eigenvalue weighted by atomic mass is 10.2. The van der Waals surface area contributed by atoms with Gasteiger partial charge in [-0.2, -0.15) is 0 Å². The second-order valence-corrected chi connectivity index (χ2v) is 4.38. The fourth-order valence-corrected chi connectivity index (χ4v) is 2.51. The van der Waals surface area contributed by atoms with E-state index in [0.717, 1.165) is 52.1 Å². The van der Waals surface area contributed by atoms with Gasteiger partial charge in [-0.05, 0) is 12.8 Å². The Balaban J connectivity index is 1.84. The number of hydrogen-bond donors (Lipinski definition) is 2. The molecule has 2 aliphatic rings. The Morgan fingerprint density at radius 2 is 2.07 bits per heavy atom. The van der Waals surface area contributed by atoms with Gasteiger partial charge in [-0.25, -0.2) is 4.79 Å². The maximum atomic E-state index is 11.2. The molecule has 0 aromatic carbocycles. The molecule has 3 N–H and O–H groups in total. The first-order valence-electron chi connectivity index (χ1n) is 5.76. The van der Waals surface area contributed by atoms with Crippen LogP contribution in [0.25, 0.3) is 0 Å². The maximum Gasteiger partial charge on any atom is 0.315 e. The van der Waals surface area contributed by atoms with Crippen LogP contribution in [0.1, 0.15) is 12.8 Å². The predicted molar refractivity (Wildman–Crippen MR) is 58.6 cm³/mol. The second kappa shape index (κ2) is 4.81. The van der Waals surface area contributed by atoms with Crippen molar-refractivity contribution in [3.8, 4) is 0 Å². The van der Waals surface area contributed by atoms with Gasteiger partial charge in [0.05, 0.1) is 0 Å². The zero-order chi connectivity index (χ0) is 10.7. The number of nitrogens with two attached hydrogens (primary N) is 1. The van der Waals surface area contributed by atoms with Crippen molar-refractivity contribution in [2.24, 2.45) is 5.73 Å². The SMILES string of the molecule is NC(=O)N1CCCC1CN1CCNCC1. The number of nitrogens with zero attached hydrogens (tertiary/aromatic N) is 2. The molecule has 1 atom stereocenters. The minimum atomic E-state index is -0.257. The molecule has 2 rings (SSSR count). The average molecular weight is 212 g/mol. The summed E-state index contributed by atoms with van der Waals surface area (Å²) in [6, 6.07) is 0.0910. The third-order valence-electron chi connectivity index (χ3n) is 3.34. The molecular formula is C10H20N4O. The van der Waals surface area contributed by atoms with Crippen LogP contribution in [0.5, 0.6) is 0 Å². The molecule has 0 aromatic heterocycles. The van der Waals surface area contributed by atoms with Crippen LogP contribution >= 0.6 is 0 Å². The Kier molecular flexibility index (Phi) is 3.43. The molecule has 1 unspecified atom stereocenters. The molecule has 0 aromatic rings. The van der Waals surface area contributed by atoms with E-state index < -0.39 is 0 Å². The second-order valence-electron chi connectivity index (χ2n) is 4.38. The van der Waals surface area contributed by atoms with Crippen molar-refractivity contribution < 1.29 is 4.79 Å². The van der Waals surface area contributed by atoms with Gasteiger partial charge in [0.25, 0.3) is 0 Å². The number of primary amides is 1. The topological polar surface area (TPSA) is 61.6 Å². The number of carbonyl (C=O) groups excluding carboxylic acids is 1. The van der Waals surface area contributed by atoms with Gasteiger partial charge < -0.3 is 16.0 Å².